The second-order valence-corrected chi connectivity index (χ2v) is 3.31. The molecule has 1 aromatic rings. The van der Waals surface area contributed by atoms with Gasteiger partial charge in [0.1, 0.15) is 0 Å². The van der Waals surface area contributed by atoms with Crippen LogP contribution >= 0.6 is 11.8 Å². The molecule has 2 heteroatoms. The molecule has 2 rings (SSSR count). The summed E-state index contributed by atoms with van der Waals surface area (Å²) < 4.78 is 2.20. The summed E-state index contributed by atoms with van der Waals surface area (Å²) in [4.78, 5) is 1.24. The lowest BCUT2D eigenvalue weighted by Crippen LogP contribution is -1.86. The molecule has 0 radical (unpaired) electrons. The maximum Gasteiger partial charge on any atom is 0.0796 e. The molecule has 0 saturated heterocycles. The van der Waals surface area contributed by atoms with Gasteiger partial charge >= 0.3 is 0 Å². The van der Waals surface area contributed by atoms with Crippen LogP contribution in [-0.2, 0) is 6.54 Å². The normalized spacial score (nSPS) is 16.2. The average molecular weight is 137 g/mol. The molecule has 0 saturated carbocycles. The maximum absolute atomic E-state index is 3.88. The zero-order chi connectivity index (χ0) is 6.27. The minimum absolute atomic E-state index is 0.993. The molecule has 46 valence electrons. The van der Waals surface area contributed by atoms with Crippen molar-refractivity contribution >= 4 is 11.8 Å². The van der Waals surface area contributed by atoms with E-state index >= 15 is 0 Å². The molecule has 1 aliphatic rings. The van der Waals surface area contributed by atoms with E-state index in [0.29, 0.717) is 0 Å². The van der Waals surface area contributed by atoms with Crippen molar-refractivity contribution in [3.8, 4) is 0 Å². The predicted molar refractivity (Wildman–Crippen MR) is 39.4 cm³/mol. The largest absolute Gasteiger partial charge is 0.338 e. The highest BCUT2D eigenvalue weighted by atomic mass is 32.2. The monoisotopic (exact) mass is 137 g/mol. The van der Waals surface area contributed by atoms with Crippen LogP contribution in [0, 0.1) is 0 Å². The van der Waals surface area contributed by atoms with E-state index in [0.717, 1.165) is 6.54 Å². The van der Waals surface area contributed by atoms with Crippen molar-refractivity contribution in [1.29, 1.82) is 0 Å². The van der Waals surface area contributed by atoms with Crippen molar-refractivity contribution in [3.05, 3.63) is 29.8 Å². The van der Waals surface area contributed by atoms with Gasteiger partial charge in [-0.1, -0.05) is 18.3 Å². The molecule has 1 aromatic heterocycles. The van der Waals surface area contributed by atoms with Crippen LogP contribution in [0.3, 0.4) is 0 Å². The molecule has 0 bridgehead atoms. The molecule has 1 nitrogen and oxygen atoms in total. The Bertz CT molecular complexity index is 227. The Morgan fingerprint density at radius 3 is 3.33 bits per heavy atom. The van der Waals surface area contributed by atoms with E-state index in [-0.39, 0.29) is 0 Å². The van der Waals surface area contributed by atoms with E-state index in [1.807, 2.05) is 0 Å². The van der Waals surface area contributed by atoms with Crippen molar-refractivity contribution < 1.29 is 0 Å². The lowest BCUT2D eigenvalue weighted by atomic mass is 10.6. The standard InChI is InChI=1S/C7H7NS/c1-6-5-8-4-2-3-7(8)9-6/h2-4H,1,5H2. The summed E-state index contributed by atoms with van der Waals surface area (Å²) in [6, 6.07) is 4.18. The number of nitrogens with zero attached hydrogens (tertiary/aromatic N) is 1. The number of aromatic nitrogens is 1. The summed E-state index contributed by atoms with van der Waals surface area (Å²) in [5.74, 6) is 0. The molecule has 0 unspecified atom stereocenters. The van der Waals surface area contributed by atoms with E-state index < -0.39 is 0 Å². The SMILES string of the molecule is C=C1Cn2cccc2S1. The summed E-state index contributed by atoms with van der Waals surface area (Å²) >= 11 is 1.77. The predicted octanol–water partition coefficient (Wildman–Crippen LogP) is 2.11. The van der Waals surface area contributed by atoms with Gasteiger partial charge in [0.05, 0.1) is 11.6 Å². The summed E-state index contributed by atoms with van der Waals surface area (Å²) in [6.45, 7) is 4.88. The number of fused-ring (bicyclic) bond motifs is 1. The van der Waals surface area contributed by atoms with Gasteiger partial charge in [-0.05, 0) is 12.1 Å². The van der Waals surface area contributed by atoms with Crippen LogP contribution in [0.1, 0.15) is 0 Å². The molecule has 9 heavy (non-hydrogen) atoms. The molecule has 0 N–H and O–H groups in total. The molecule has 0 amide bonds. The molecule has 2 heterocycles. The Balaban J connectivity index is 2.49. The molecular formula is C7H7NS. The lowest BCUT2D eigenvalue weighted by molar-refractivity contribution is 0.771. The van der Waals surface area contributed by atoms with E-state index in [2.05, 4.69) is 29.5 Å². The van der Waals surface area contributed by atoms with Crippen LogP contribution in [-0.4, -0.2) is 4.57 Å². The zero-order valence-corrected chi connectivity index (χ0v) is 5.82. The van der Waals surface area contributed by atoms with Crippen LogP contribution in [0.5, 0.6) is 0 Å². The number of rotatable bonds is 0. The fourth-order valence-electron chi connectivity index (χ4n) is 0.992. The summed E-state index contributed by atoms with van der Waals surface area (Å²) in [7, 11) is 0. The first-order valence-electron chi connectivity index (χ1n) is 2.87. The molecular weight excluding hydrogens is 130 g/mol. The van der Waals surface area contributed by atoms with Crippen LogP contribution < -0.4 is 0 Å². The minimum Gasteiger partial charge on any atom is -0.338 e. The Morgan fingerprint density at radius 2 is 2.56 bits per heavy atom. The van der Waals surface area contributed by atoms with Gasteiger partial charge in [0.2, 0.25) is 0 Å². The first-order chi connectivity index (χ1) is 4.36. The van der Waals surface area contributed by atoms with Crippen LogP contribution in [0.15, 0.2) is 34.8 Å². The summed E-state index contributed by atoms with van der Waals surface area (Å²) in [5.41, 5.74) is 0. The second kappa shape index (κ2) is 1.67. The Morgan fingerprint density at radius 1 is 1.67 bits per heavy atom. The Kier molecular flexibility index (Phi) is 0.963. The average Bonchev–Trinajstić information content (AvgIpc) is 2.22. The Hall–Kier alpha value is -0.630. The highest BCUT2D eigenvalue weighted by Gasteiger charge is 2.11. The Labute approximate surface area is 58.4 Å². The number of allylic oxidation sites excluding steroid dienone is 1. The van der Waals surface area contributed by atoms with E-state index in [1.54, 1.807) is 11.8 Å². The van der Waals surface area contributed by atoms with Crippen molar-refractivity contribution in [3.63, 3.8) is 0 Å². The number of hydrogen-bond acceptors (Lipinski definition) is 1. The third kappa shape index (κ3) is 0.704. The fraction of sp³-hybridized carbons (Fsp3) is 0.143. The molecule has 1 aliphatic heterocycles. The van der Waals surface area contributed by atoms with Crippen molar-refractivity contribution in [1.82, 2.24) is 4.57 Å². The fourth-order valence-corrected chi connectivity index (χ4v) is 1.88. The molecule has 0 spiro atoms. The smallest absolute Gasteiger partial charge is 0.0796 e. The lowest BCUT2D eigenvalue weighted by Gasteiger charge is -1.89. The third-order valence-electron chi connectivity index (χ3n) is 1.38. The number of hydrogen-bond donors (Lipinski definition) is 0. The van der Waals surface area contributed by atoms with Gasteiger partial charge in [-0.15, -0.1) is 0 Å². The first-order valence-corrected chi connectivity index (χ1v) is 3.69. The molecule has 0 aromatic carbocycles. The van der Waals surface area contributed by atoms with Gasteiger partial charge in [0.25, 0.3) is 0 Å². The van der Waals surface area contributed by atoms with Gasteiger partial charge < -0.3 is 4.57 Å². The zero-order valence-electron chi connectivity index (χ0n) is 5.00. The topological polar surface area (TPSA) is 4.93 Å². The van der Waals surface area contributed by atoms with Gasteiger partial charge in [-0.2, -0.15) is 0 Å². The van der Waals surface area contributed by atoms with Gasteiger partial charge in [0, 0.05) is 11.1 Å². The number of thioether (sulfide) groups is 1. The maximum atomic E-state index is 3.88. The highest BCUT2D eigenvalue weighted by Crippen LogP contribution is 2.33. The molecule has 0 fully saturated rings. The highest BCUT2D eigenvalue weighted by molar-refractivity contribution is 8.03. The van der Waals surface area contributed by atoms with Crippen molar-refractivity contribution in [2.45, 2.75) is 11.6 Å². The van der Waals surface area contributed by atoms with Gasteiger partial charge in [0.15, 0.2) is 0 Å². The van der Waals surface area contributed by atoms with E-state index in [4.69, 9.17) is 0 Å². The quantitative estimate of drug-likeness (QED) is 0.530. The first kappa shape index (κ1) is 5.18. The van der Waals surface area contributed by atoms with E-state index in [1.165, 1.54) is 9.93 Å². The van der Waals surface area contributed by atoms with Crippen LogP contribution in [0.4, 0.5) is 0 Å². The van der Waals surface area contributed by atoms with Gasteiger partial charge in [-0.3, -0.25) is 0 Å². The van der Waals surface area contributed by atoms with Gasteiger partial charge in [-0.25, -0.2) is 0 Å². The third-order valence-corrected chi connectivity index (χ3v) is 2.38. The van der Waals surface area contributed by atoms with Crippen LogP contribution in [0.2, 0.25) is 0 Å². The van der Waals surface area contributed by atoms with E-state index in [9.17, 15) is 0 Å². The summed E-state index contributed by atoms with van der Waals surface area (Å²) in [5, 5.41) is 1.32. The second-order valence-electron chi connectivity index (χ2n) is 2.12. The van der Waals surface area contributed by atoms with Crippen LogP contribution in [0.25, 0.3) is 0 Å². The molecule has 0 atom stereocenters. The van der Waals surface area contributed by atoms with Crippen molar-refractivity contribution in [2.24, 2.45) is 0 Å². The molecule has 0 aliphatic carbocycles. The minimum atomic E-state index is 0.993. The van der Waals surface area contributed by atoms with Crippen molar-refractivity contribution in [2.75, 3.05) is 0 Å². The summed E-state index contributed by atoms with van der Waals surface area (Å²) in [6.07, 6.45) is 2.08.